The van der Waals surface area contributed by atoms with Crippen LogP contribution in [0.3, 0.4) is 0 Å². The van der Waals surface area contributed by atoms with E-state index in [1.807, 2.05) is 12.5 Å². The molecule has 0 unspecified atom stereocenters. The van der Waals surface area contributed by atoms with Crippen molar-refractivity contribution in [1.29, 1.82) is 0 Å². The minimum atomic E-state index is -0.774. The number of methoxy groups -OCH3 is 1. The van der Waals surface area contributed by atoms with Gasteiger partial charge in [-0.05, 0) is 19.4 Å². The van der Waals surface area contributed by atoms with Crippen LogP contribution in [0.25, 0.3) is 0 Å². The van der Waals surface area contributed by atoms with Crippen LogP contribution >= 0.6 is 10.5 Å². The second-order valence-electron chi connectivity index (χ2n) is 2.19. The fourth-order valence-electron chi connectivity index (χ4n) is 0.422. The summed E-state index contributed by atoms with van der Waals surface area (Å²) in [5.74, 6) is -1.29. The zero-order valence-electron chi connectivity index (χ0n) is 7.13. The van der Waals surface area contributed by atoms with Crippen LogP contribution in [-0.2, 0) is 14.3 Å². The Labute approximate surface area is 68.7 Å². The fraction of sp³-hybridized carbons (Fsp3) is 0.571. The van der Waals surface area contributed by atoms with Crippen molar-refractivity contribution in [3.8, 4) is 0 Å². The standard InChI is InChI=1S/C7H12O3S/c1-5(11(3)4)6(8)7(9)10-2/h1-4H3. The number of carbonyl (C=O) groups is 2. The van der Waals surface area contributed by atoms with Crippen molar-refractivity contribution in [1.82, 2.24) is 0 Å². The van der Waals surface area contributed by atoms with Gasteiger partial charge in [0, 0.05) is 4.86 Å². The van der Waals surface area contributed by atoms with Gasteiger partial charge < -0.3 is 4.74 Å². The molecule has 11 heavy (non-hydrogen) atoms. The largest absolute Gasteiger partial charge is 0.463 e. The Bertz CT molecular complexity index is 214. The van der Waals surface area contributed by atoms with Crippen LogP contribution in [0, 0.1) is 0 Å². The summed E-state index contributed by atoms with van der Waals surface area (Å²) in [5.41, 5.74) is 0. The molecule has 0 fully saturated rings. The molecule has 0 aliphatic heterocycles. The van der Waals surface area contributed by atoms with Crippen molar-refractivity contribution in [2.24, 2.45) is 0 Å². The first-order valence-electron chi connectivity index (χ1n) is 3.04. The molecular weight excluding hydrogens is 164 g/mol. The van der Waals surface area contributed by atoms with Crippen molar-refractivity contribution in [2.75, 3.05) is 19.6 Å². The minimum absolute atomic E-state index is 0.146. The molecule has 64 valence electrons. The topological polar surface area (TPSA) is 43.4 Å². The number of ether oxygens (including phenoxy) is 1. The lowest BCUT2D eigenvalue weighted by Crippen LogP contribution is -2.22. The third-order valence-electron chi connectivity index (χ3n) is 1.30. The first-order chi connectivity index (χ1) is 5.00. The summed E-state index contributed by atoms with van der Waals surface area (Å²) in [7, 11) is 1.06. The molecule has 0 amide bonds. The molecule has 3 nitrogen and oxygen atoms in total. The molecule has 0 rings (SSSR count). The van der Waals surface area contributed by atoms with E-state index in [2.05, 4.69) is 4.74 Å². The van der Waals surface area contributed by atoms with E-state index < -0.39 is 11.8 Å². The number of hydrogen-bond donors (Lipinski definition) is 0. The maximum absolute atomic E-state index is 11.0. The Kier molecular flexibility index (Phi) is 4.03. The number of rotatable bonds is 2. The molecule has 0 radical (unpaired) electrons. The van der Waals surface area contributed by atoms with Crippen molar-refractivity contribution in [2.45, 2.75) is 6.92 Å². The number of ketones is 1. The fourth-order valence-corrected chi connectivity index (χ4v) is 0.876. The van der Waals surface area contributed by atoms with E-state index in [1.165, 1.54) is 7.11 Å². The Hall–Kier alpha value is -0.640. The zero-order chi connectivity index (χ0) is 9.02. The molecule has 0 heterocycles. The molecule has 0 aliphatic carbocycles. The van der Waals surface area contributed by atoms with E-state index in [1.54, 1.807) is 6.92 Å². The van der Waals surface area contributed by atoms with Gasteiger partial charge in [-0.3, -0.25) is 4.79 Å². The van der Waals surface area contributed by atoms with Gasteiger partial charge in [-0.25, -0.2) is 4.79 Å². The summed E-state index contributed by atoms with van der Waals surface area (Å²) in [4.78, 5) is 22.2. The molecule has 0 N–H and O–H groups in total. The number of carbonyl (C=O) groups excluding carboxylic acids is 2. The highest BCUT2D eigenvalue weighted by molar-refractivity contribution is 8.15. The van der Waals surface area contributed by atoms with Gasteiger partial charge in [0.2, 0.25) is 0 Å². The summed E-state index contributed by atoms with van der Waals surface area (Å²) in [5, 5.41) is 0. The van der Waals surface area contributed by atoms with Crippen molar-refractivity contribution in [3.63, 3.8) is 0 Å². The SMILES string of the molecule is COC(=O)C(=O)C(C)=S(C)C. The van der Waals surface area contributed by atoms with Crippen molar-refractivity contribution >= 4 is 27.1 Å². The lowest BCUT2D eigenvalue weighted by atomic mass is 10.3. The lowest BCUT2D eigenvalue weighted by molar-refractivity contribution is -0.148. The third kappa shape index (κ3) is 2.84. The van der Waals surface area contributed by atoms with Crippen LogP contribution < -0.4 is 0 Å². The first kappa shape index (κ1) is 10.4. The monoisotopic (exact) mass is 176 g/mol. The predicted octanol–water partition coefficient (Wildman–Crippen LogP) is 0.449. The van der Waals surface area contributed by atoms with Crippen molar-refractivity contribution < 1.29 is 14.3 Å². The van der Waals surface area contributed by atoms with Gasteiger partial charge in [-0.2, -0.15) is 10.5 Å². The summed E-state index contributed by atoms with van der Waals surface area (Å²) >= 11 is 0. The van der Waals surface area contributed by atoms with Crippen LogP contribution in [0.1, 0.15) is 6.92 Å². The molecule has 0 aromatic rings. The molecule has 4 heteroatoms. The van der Waals surface area contributed by atoms with Crippen LogP contribution in [0.5, 0.6) is 0 Å². The summed E-state index contributed by atoms with van der Waals surface area (Å²) in [6.07, 6.45) is 3.77. The highest BCUT2D eigenvalue weighted by Gasteiger charge is 2.16. The Balaban J connectivity index is 4.52. The van der Waals surface area contributed by atoms with E-state index in [-0.39, 0.29) is 10.5 Å². The van der Waals surface area contributed by atoms with Crippen LogP contribution in [-0.4, -0.2) is 36.2 Å². The Morgan fingerprint density at radius 2 is 1.73 bits per heavy atom. The normalized spacial score (nSPS) is 9.55. The molecule has 0 saturated heterocycles. The lowest BCUT2D eigenvalue weighted by Gasteiger charge is -2.00. The van der Waals surface area contributed by atoms with Crippen LogP contribution in [0.15, 0.2) is 0 Å². The van der Waals surface area contributed by atoms with Crippen molar-refractivity contribution in [3.05, 3.63) is 0 Å². The summed E-state index contributed by atoms with van der Waals surface area (Å²) in [6.45, 7) is 1.66. The van der Waals surface area contributed by atoms with Gasteiger partial charge in [0.05, 0.1) is 7.11 Å². The molecule has 0 aromatic heterocycles. The quantitative estimate of drug-likeness (QED) is 0.348. The van der Waals surface area contributed by atoms with Gasteiger partial charge >= 0.3 is 5.97 Å². The first-order valence-corrected chi connectivity index (χ1v) is 5.08. The minimum Gasteiger partial charge on any atom is -0.463 e. The average Bonchev–Trinajstić information content (AvgIpc) is 2.00. The maximum Gasteiger partial charge on any atom is 0.379 e. The molecule has 0 spiro atoms. The predicted molar refractivity (Wildman–Crippen MR) is 47.1 cm³/mol. The number of esters is 1. The highest BCUT2D eigenvalue weighted by Crippen LogP contribution is 2.03. The molecule has 0 saturated carbocycles. The summed E-state index contributed by atoms with van der Waals surface area (Å²) in [6, 6.07) is 0. The van der Waals surface area contributed by atoms with Gasteiger partial charge in [-0.15, -0.1) is 0 Å². The Morgan fingerprint density at radius 3 is 2.00 bits per heavy atom. The molecule has 0 atom stereocenters. The van der Waals surface area contributed by atoms with Gasteiger partial charge in [0.1, 0.15) is 0 Å². The zero-order valence-corrected chi connectivity index (χ0v) is 7.95. The van der Waals surface area contributed by atoms with E-state index in [0.29, 0.717) is 4.86 Å². The van der Waals surface area contributed by atoms with E-state index in [4.69, 9.17) is 0 Å². The number of hydrogen-bond acceptors (Lipinski definition) is 3. The van der Waals surface area contributed by atoms with Gasteiger partial charge in [0.25, 0.3) is 5.78 Å². The molecular formula is C7H12O3S. The van der Waals surface area contributed by atoms with E-state index in [9.17, 15) is 9.59 Å². The molecule has 0 aliphatic rings. The van der Waals surface area contributed by atoms with E-state index in [0.717, 1.165) is 0 Å². The Morgan fingerprint density at radius 1 is 1.27 bits per heavy atom. The highest BCUT2D eigenvalue weighted by atomic mass is 32.2. The van der Waals surface area contributed by atoms with E-state index >= 15 is 0 Å². The number of Topliss-reactive ketones (excluding diaryl/α,β-unsaturated/α-hetero) is 1. The van der Waals surface area contributed by atoms with Gasteiger partial charge in [-0.1, -0.05) is 0 Å². The third-order valence-corrected chi connectivity index (χ3v) is 2.71. The average molecular weight is 176 g/mol. The second-order valence-corrected chi connectivity index (χ2v) is 4.44. The molecule has 0 aromatic carbocycles. The van der Waals surface area contributed by atoms with Crippen LogP contribution in [0.4, 0.5) is 0 Å². The smallest absolute Gasteiger partial charge is 0.379 e. The van der Waals surface area contributed by atoms with Gasteiger partial charge in [0.15, 0.2) is 0 Å². The van der Waals surface area contributed by atoms with Crippen LogP contribution in [0.2, 0.25) is 0 Å². The molecule has 0 bridgehead atoms. The summed E-state index contributed by atoms with van der Waals surface area (Å²) < 4.78 is 4.28. The second kappa shape index (κ2) is 4.28. The maximum atomic E-state index is 11.0.